The van der Waals surface area contributed by atoms with Crippen molar-refractivity contribution >= 4 is 23.5 Å². The van der Waals surface area contributed by atoms with Crippen molar-refractivity contribution in [1.82, 2.24) is 9.97 Å². The van der Waals surface area contributed by atoms with Crippen LogP contribution in [0.1, 0.15) is 5.56 Å². The highest BCUT2D eigenvalue weighted by Gasteiger charge is 2.08. The van der Waals surface area contributed by atoms with Crippen molar-refractivity contribution in [2.45, 2.75) is 0 Å². The largest absolute Gasteiger partial charge is 0.399 e. The zero-order valence-electron chi connectivity index (χ0n) is 13.2. The molecule has 3 aromatic rings. The first-order valence-corrected chi connectivity index (χ1v) is 7.37. The van der Waals surface area contributed by atoms with Gasteiger partial charge in [-0.15, -0.1) is 0 Å². The molecule has 0 unspecified atom stereocenters. The van der Waals surface area contributed by atoms with Crippen molar-refractivity contribution in [3.05, 3.63) is 66.5 Å². The van der Waals surface area contributed by atoms with Gasteiger partial charge in [-0.3, -0.25) is 0 Å². The predicted molar refractivity (Wildman–Crippen MR) is 96.2 cm³/mol. The maximum atomic E-state index is 5.88. The molecule has 3 rings (SSSR count). The van der Waals surface area contributed by atoms with Crippen LogP contribution in [0.3, 0.4) is 0 Å². The van der Waals surface area contributed by atoms with Crippen molar-refractivity contribution < 1.29 is 4.84 Å². The Morgan fingerprint density at radius 3 is 2.42 bits per heavy atom. The van der Waals surface area contributed by atoms with Crippen LogP contribution in [0.2, 0.25) is 0 Å². The topological polar surface area (TPSA) is 85.4 Å². The van der Waals surface area contributed by atoms with E-state index in [2.05, 4.69) is 32.6 Å². The molecule has 0 aliphatic rings. The van der Waals surface area contributed by atoms with Crippen molar-refractivity contribution in [3.8, 4) is 11.1 Å². The average molecular weight is 319 g/mol. The predicted octanol–water partition coefficient (Wildman–Crippen LogP) is 3.45. The monoisotopic (exact) mass is 319 g/mol. The second-order valence-corrected chi connectivity index (χ2v) is 5.01. The summed E-state index contributed by atoms with van der Waals surface area (Å²) in [5.41, 5.74) is 9.65. The Morgan fingerprint density at radius 2 is 1.71 bits per heavy atom. The SMILES string of the molecule is CON=Cc1c(N)ncnc1Nc1ccc(-c2ccccc2)cc1. The van der Waals surface area contributed by atoms with E-state index in [4.69, 9.17) is 10.6 Å². The minimum absolute atomic E-state index is 0.328. The van der Waals surface area contributed by atoms with Gasteiger partial charge in [0, 0.05) is 5.69 Å². The van der Waals surface area contributed by atoms with E-state index in [1.807, 2.05) is 42.5 Å². The van der Waals surface area contributed by atoms with Crippen LogP contribution in [-0.2, 0) is 4.84 Å². The summed E-state index contributed by atoms with van der Waals surface area (Å²) in [6, 6.07) is 18.3. The highest BCUT2D eigenvalue weighted by molar-refractivity contribution is 5.92. The summed E-state index contributed by atoms with van der Waals surface area (Å²) in [5, 5.41) is 6.96. The van der Waals surface area contributed by atoms with Crippen molar-refractivity contribution in [2.24, 2.45) is 5.16 Å². The second kappa shape index (κ2) is 7.23. The van der Waals surface area contributed by atoms with Crippen LogP contribution in [0.4, 0.5) is 17.3 Å². The van der Waals surface area contributed by atoms with E-state index in [-0.39, 0.29) is 0 Å². The molecule has 0 fully saturated rings. The summed E-state index contributed by atoms with van der Waals surface area (Å²) in [4.78, 5) is 12.9. The zero-order valence-corrected chi connectivity index (χ0v) is 13.2. The molecule has 0 saturated heterocycles. The lowest BCUT2D eigenvalue weighted by Gasteiger charge is -2.10. The van der Waals surface area contributed by atoms with Gasteiger partial charge in [0.1, 0.15) is 25.1 Å². The van der Waals surface area contributed by atoms with Gasteiger partial charge in [0.15, 0.2) is 0 Å². The van der Waals surface area contributed by atoms with Crippen LogP contribution in [-0.4, -0.2) is 23.3 Å². The molecular weight excluding hydrogens is 302 g/mol. The number of hydrogen-bond acceptors (Lipinski definition) is 6. The molecule has 24 heavy (non-hydrogen) atoms. The molecule has 6 heteroatoms. The minimum atomic E-state index is 0.328. The van der Waals surface area contributed by atoms with Crippen molar-refractivity contribution in [1.29, 1.82) is 0 Å². The number of benzene rings is 2. The summed E-state index contributed by atoms with van der Waals surface area (Å²) in [5.74, 6) is 0.893. The standard InChI is InChI=1S/C18H17N5O/c1-24-22-11-16-17(19)20-12-21-18(16)23-15-9-7-14(8-10-15)13-5-3-2-4-6-13/h2-12H,1H3,(H3,19,20,21,23). The molecule has 0 aliphatic carbocycles. The quantitative estimate of drug-likeness (QED) is 0.556. The first kappa shape index (κ1) is 15.5. The van der Waals surface area contributed by atoms with Crippen LogP contribution < -0.4 is 11.1 Å². The number of anilines is 3. The summed E-state index contributed by atoms with van der Waals surface area (Å²) in [6.07, 6.45) is 2.89. The summed E-state index contributed by atoms with van der Waals surface area (Å²) < 4.78 is 0. The number of aromatic nitrogens is 2. The van der Waals surface area contributed by atoms with Gasteiger partial charge >= 0.3 is 0 Å². The highest BCUT2D eigenvalue weighted by atomic mass is 16.6. The fourth-order valence-corrected chi connectivity index (χ4v) is 2.25. The Bertz CT molecular complexity index is 832. The normalized spacial score (nSPS) is 10.7. The number of nitrogens with one attached hydrogen (secondary N) is 1. The Labute approximate surface area is 140 Å². The molecule has 120 valence electrons. The van der Waals surface area contributed by atoms with Gasteiger partial charge in [0.05, 0.1) is 11.8 Å². The molecule has 2 aromatic carbocycles. The third-order valence-electron chi connectivity index (χ3n) is 3.46. The van der Waals surface area contributed by atoms with E-state index < -0.39 is 0 Å². The highest BCUT2D eigenvalue weighted by Crippen LogP contribution is 2.24. The number of hydrogen-bond donors (Lipinski definition) is 2. The molecule has 3 N–H and O–H groups in total. The molecule has 0 saturated carbocycles. The molecule has 0 aliphatic heterocycles. The third-order valence-corrected chi connectivity index (χ3v) is 3.46. The smallest absolute Gasteiger partial charge is 0.144 e. The number of nitrogen functional groups attached to an aromatic ring is 1. The number of oxime groups is 1. The fraction of sp³-hybridized carbons (Fsp3) is 0.0556. The van der Waals surface area contributed by atoms with Gasteiger partial charge < -0.3 is 15.9 Å². The average Bonchev–Trinajstić information content (AvgIpc) is 2.63. The molecule has 6 nitrogen and oxygen atoms in total. The van der Waals surface area contributed by atoms with Crippen LogP contribution in [0.25, 0.3) is 11.1 Å². The van der Waals surface area contributed by atoms with E-state index in [0.29, 0.717) is 17.2 Å². The molecule has 0 bridgehead atoms. The zero-order chi connectivity index (χ0) is 16.8. The van der Waals surface area contributed by atoms with Crippen LogP contribution >= 0.6 is 0 Å². The van der Waals surface area contributed by atoms with E-state index in [1.165, 1.54) is 25.2 Å². The summed E-state index contributed by atoms with van der Waals surface area (Å²) >= 11 is 0. The number of nitrogens with zero attached hydrogens (tertiary/aromatic N) is 3. The number of rotatable bonds is 5. The molecule has 0 radical (unpaired) electrons. The lowest BCUT2D eigenvalue weighted by Crippen LogP contribution is -2.05. The second-order valence-electron chi connectivity index (χ2n) is 5.01. The van der Waals surface area contributed by atoms with E-state index in [9.17, 15) is 0 Å². The molecule has 0 amide bonds. The molecule has 1 aromatic heterocycles. The Balaban J connectivity index is 1.85. The molecule has 1 heterocycles. The van der Waals surface area contributed by atoms with E-state index in [1.54, 1.807) is 0 Å². The van der Waals surface area contributed by atoms with Gasteiger partial charge in [-0.1, -0.05) is 47.6 Å². The first-order chi connectivity index (χ1) is 11.8. The van der Waals surface area contributed by atoms with Crippen LogP contribution in [0.5, 0.6) is 0 Å². The fourth-order valence-electron chi connectivity index (χ4n) is 2.25. The van der Waals surface area contributed by atoms with Gasteiger partial charge in [0.2, 0.25) is 0 Å². The maximum absolute atomic E-state index is 5.88. The van der Waals surface area contributed by atoms with Gasteiger partial charge in [-0.25, -0.2) is 9.97 Å². The number of nitrogens with two attached hydrogens (primary N) is 1. The van der Waals surface area contributed by atoms with Gasteiger partial charge in [0.25, 0.3) is 0 Å². The molecular formula is C18H17N5O. The van der Waals surface area contributed by atoms with Crippen molar-refractivity contribution in [3.63, 3.8) is 0 Å². The Kier molecular flexibility index (Phi) is 4.67. The van der Waals surface area contributed by atoms with Gasteiger partial charge in [-0.05, 0) is 23.3 Å². The first-order valence-electron chi connectivity index (χ1n) is 7.37. The van der Waals surface area contributed by atoms with E-state index in [0.717, 1.165) is 11.3 Å². The third kappa shape index (κ3) is 3.49. The minimum Gasteiger partial charge on any atom is -0.399 e. The van der Waals surface area contributed by atoms with Crippen LogP contribution in [0, 0.1) is 0 Å². The van der Waals surface area contributed by atoms with Crippen molar-refractivity contribution in [2.75, 3.05) is 18.2 Å². The van der Waals surface area contributed by atoms with Crippen LogP contribution in [0.15, 0.2) is 66.1 Å². The Hall–Kier alpha value is -3.41. The van der Waals surface area contributed by atoms with E-state index >= 15 is 0 Å². The summed E-state index contributed by atoms with van der Waals surface area (Å²) in [7, 11) is 1.46. The Morgan fingerprint density at radius 1 is 1.00 bits per heavy atom. The molecule has 0 atom stereocenters. The molecule has 0 spiro atoms. The van der Waals surface area contributed by atoms with Gasteiger partial charge in [-0.2, -0.15) is 0 Å². The lowest BCUT2D eigenvalue weighted by molar-refractivity contribution is 0.215. The lowest BCUT2D eigenvalue weighted by atomic mass is 10.1. The summed E-state index contributed by atoms with van der Waals surface area (Å²) in [6.45, 7) is 0. The maximum Gasteiger partial charge on any atom is 0.144 e.